The number of ketones is 2. The summed E-state index contributed by atoms with van der Waals surface area (Å²) in [4.78, 5) is 23.7. The van der Waals surface area contributed by atoms with Crippen molar-refractivity contribution in [1.29, 1.82) is 0 Å². The molecule has 0 saturated carbocycles. The number of aryl methyl sites for hydroxylation is 1. The SMILES string of the molecule is CC(=O)c1cc(C(C)(C)C)cc2c1CCC2(C)C.CC(=O)c1cc2c(cc1C)C(C)(C)C(C)CC2(C)C. The van der Waals surface area contributed by atoms with Gasteiger partial charge in [0, 0.05) is 11.1 Å². The minimum atomic E-state index is 0.0951. The molecule has 37 heavy (non-hydrogen) atoms. The Morgan fingerprint density at radius 1 is 0.784 bits per heavy atom. The molecule has 2 nitrogen and oxygen atoms in total. The molecule has 0 radical (unpaired) electrons. The fourth-order valence-corrected chi connectivity index (χ4v) is 6.44. The van der Waals surface area contributed by atoms with Crippen molar-refractivity contribution in [2.75, 3.05) is 0 Å². The van der Waals surface area contributed by atoms with Crippen LogP contribution in [0.1, 0.15) is 150 Å². The second-order valence-corrected chi connectivity index (χ2v) is 14.7. The fraction of sp³-hybridized carbons (Fsp3) is 0.600. The van der Waals surface area contributed by atoms with Crippen LogP contribution in [0.25, 0.3) is 0 Å². The Kier molecular flexibility index (Phi) is 7.54. The third-order valence-electron chi connectivity index (χ3n) is 9.44. The first kappa shape index (κ1) is 29.3. The quantitative estimate of drug-likeness (QED) is 0.384. The van der Waals surface area contributed by atoms with E-state index in [0.717, 1.165) is 29.5 Å². The monoisotopic (exact) mass is 502 g/mol. The second kappa shape index (κ2) is 9.51. The minimum Gasteiger partial charge on any atom is -0.295 e. The Balaban J connectivity index is 0.000000206. The molecule has 2 aliphatic carbocycles. The molecule has 0 aliphatic heterocycles. The highest BCUT2D eigenvalue weighted by molar-refractivity contribution is 5.97. The van der Waals surface area contributed by atoms with Gasteiger partial charge in [0.25, 0.3) is 0 Å². The average Bonchev–Trinajstić information content (AvgIpc) is 3.05. The van der Waals surface area contributed by atoms with Crippen LogP contribution in [-0.4, -0.2) is 11.6 Å². The molecule has 0 aromatic heterocycles. The molecule has 1 unspecified atom stereocenters. The van der Waals surface area contributed by atoms with Crippen LogP contribution in [0.3, 0.4) is 0 Å². The average molecular weight is 503 g/mol. The highest BCUT2D eigenvalue weighted by Crippen LogP contribution is 2.49. The molecule has 0 bridgehead atoms. The van der Waals surface area contributed by atoms with E-state index in [4.69, 9.17) is 0 Å². The molecule has 2 aliphatic rings. The van der Waals surface area contributed by atoms with Crippen molar-refractivity contribution in [3.05, 3.63) is 68.8 Å². The normalized spacial score (nSPS) is 20.8. The van der Waals surface area contributed by atoms with Gasteiger partial charge in [-0.15, -0.1) is 0 Å². The summed E-state index contributed by atoms with van der Waals surface area (Å²) >= 11 is 0. The van der Waals surface area contributed by atoms with Gasteiger partial charge in [0.05, 0.1) is 0 Å². The molecule has 0 heterocycles. The van der Waals surface area contributed by atoms with E-state index in [1.807, 2.05) is 0 Å². The van der Waals surface area contributed by atoms with Gasteiger partial charge >= 0.3 is 0 Å². The predicted octanol–water partition coefficient (Wildman–Crippen LogP) is 9.20. The lowest BCUT2D eigenvalue weighted by molar-refractivity contribution is 0.100. The van der Waals surface area contributed by atoms with Crippen molar-refractivity contribution in [2.45, 2.75) is 131 Å². The summed E-state index contributed by atoms with van der Waals surface area (Å²) in [6.45, 7) is 28.2. The Hall–Kier alpha value is -2.22. The lowest BCUT2D eigenvalue weighted by atomic mass is 9.58. The van der Waals surface area contributed by atoms with Crippen molar-refractivity contribution in [1.82, 2.24) is 0 Å². The summed E-state index contributed by atoms with van der Waals surface area (Å²) in [5.41, 5.74) is 10.3. The highest BCUT2D eigenvalue weighted by atomic mass is 16.1. The van der Waals surface area contributed by atoms with Crippen molar-refractivity contribution >= 4 is 11.6 Å². The Labute approximate surface area is 226 Å². The van der Waals surface area contributed by atoms with Gasteiger partial charge in [-0.2, -0.15) is 0 Å². The number of rotatable bonds is 2. The van der Waals surface area contributed by atoms with Crippen molar-refractivity contribution in [3.8, 4) is 0 Å². The fourth-order valence-electron chi connectivity index (χ4n) is 6.44. The molecular formula is C35H50O2. The summed E-state index contributed by atoms with van der Waals surface area (Å²) in [6, 6.07) is 8.85. The third kappa shape index (κ3) is 5.50. The molecule has 2 heteroatoms. The van der Waals surface area contributed by atoms with Gasteiger partial charge in [-0.05, 0) is 113 Å². The molecule has 0 spiro atoms. The van der Waals surface area contributed by atoms with Gasteiger partial charge in [0.15, 0.2) is 11.6 Å². The lowest BCUT2D eigenvalue weighted by Gasteiger charge is -2.47. The van der Waals surface area contributed by atoms with Gasteiger partial charge in [-0.3, -0.25) is 9.59 Å². The molecular weight excluding hydrogens is 452 g/mol. The summed E-state index contributed by atoms with van der Waals surface area (Å²) in [7, 11) is 0. The zero-order valence-electron chi connectivity index (χ0n) is 25.8. The molecule has 202 valence electrons. The van der Waals surface area contributed by atoms with Gasteiger partial charge < -0.3 is 0 Å². The van der Waals surface area contributed by atoms with E-state index >= 15 is 0 Å². The Morgan fingerprint density at radius 2 is 1.35 bits per heavy atom. The van der Waals surface area contributed by atoms with Crippen molar-refractivity contribution in [2.24, 2.45) is 5.92 Å². The zero-order valence-corrected chi connectivity index (χ0v) is 25.8. The third-order valence-corrected chi connectivity index (χ3v) is 9.44. The number of fused-ring (bicyclic) bond motifs is 2. The van der Waals surface area contributed by atoms with Crippen LogP contribution in [0.5, 0.6) is 0 Å². The van der Waals surface area contributed by atoms with Crippen LogP contribution < -0.4 is 0 Å². The van der Waals surface area contributed by atoms with Crippen LogP contribution in [0.4, 0.5) is 0 Å². The molecule has 0 amide bonds. The van der Waals surface area contributed by atoms with Crippen LogP contribution >= 0.6 is 0 Å². The molecule has 2 aromatic carbocycles. The zero-order chi connectivity index (χ0) is 28.3. The Morgan fingerprint density at radius 3 is 1.86 bits per heavy atom. The largest absolute Gasteiger partial charge is 0.295 e. The first-order chi connectivity index (χ1) is 16.7. The van der Waals surface area contributed by atoms with E-state index < -0.39 is 0 Å². The number of benzene rings is 2. The predicted molar refractivity (Wildman–Crippen MR) is 158 cm³/mol. The van der Waals surface area contributed by atoms with Gasteiger partial charge in [-0.25, -0.2) is 0 Å². The van der Waals surface area contributed by atoms with Crippen molar-refractivity contribution in [3.63, 3.8) is 0 Å². The summed E-state index contributed by atoms with van der Waals surface area (Å²) in [6.07, 6.45) is 3.37. The summed E-state index contributed by atoms with van der Waals surface area (Å²) < 4.78 is 0. The number of hydrogen-bond donors (Lipinski definition) is 0. The van der Waals surface area contributed by atoms with Crippen LogP contribution in [0.2, 0.25) is 0 Å². The smallest absolute Gasteiger partial charge is 0.160 e. The van der Waals surface area contributed by atoms with E-state index in [0.29, 0.717) is 5.92 Å². The van der Waals surface area contributed by atoms with E-state index in [-0.39, 0.29) is 33.2 Å². The topological polar surface area (TPSA) is 34.1 Å². The van der Waals surface area contributed by atoms with Gasteiger partial charge in [-0.1, -0.05) is 81.4 Å². The number of hydrogen-bond acceptors (Lipinski definition) is 2. The number of Topliss-reactive ketones (excluding diaryl/α,β-unsaturated/α-hetero) is 2. The molecule has 1 atom stereocenters. The van der Waals surface area contributed by atoms with Crippen LogP contribution in [0.15, 0.2) is 24.3 Å². The van der Waals surface area contributed by atoms with E-state index in [9.17, 15) is 9.59 Å². The summed E-state index contributed by atoms with van der Waals surface area (Å²) in [5, 5.41) is 0. The van der Waals surface area contributed by atoms with Crippen molar-refractivity contribution < 1.29 is 9.59 Å². The standard InChI is InChI=1S/C18H26O.C17H24O/c1-11-8-16-15(9-14(11)13(3)19)17(4,5)10-12(2)18(16,6)7;1-11(18)14-9-12(16(2,3)4)10-15-13(14)7-8-17(15,5)6/h8-9,12H,10H2,1-7H3;9-10H,7-8H2,1-6H3. The van der Waals surface area contributed by atoms with Crippen LogP contribution in [0, 0.1) is 12.8 Å². The molecule has 0 saturated heterocycles. The number of carbonyl (C=O) groups is 2. The van der Waals surface area contributed by atoms with E-state index in [1.165, 1.54) is 34.2 Å². The lowest BCUT2D eigenvalue weighted by Crippen LogP contribution is -2.40. The van der Waals surface area contributed by atoms with Gasteiger partial charge in [0.1, 0.15) is 0 Å². The van der Waals surface area contributed by atoms with Crippen LogP contribution in [-0.2, 0) is 28.1 Å². The molecule has 4 rings (SSSR count). The first-order valence-corrected chi connectivity index (χ1v) is 14.1. The second-order valence-electron chi connectivity index (χ2n) is 14.7. The maximum atomic E-state index is 11.9. The maximum Gasteiger partial charge on any atom is 0.160 e. The Bertz CT molecular complexity index is 1230. The van der Waals surface area contributed by atoms with E-state index in [1.54, 1.807) is 13.8 Å². The molecule has 2 aromatic rings. The van der Waals surface area contributed by atoms with Gasteiger partial charge in [0.2, 0.25) is 0 Å². The molecule has 0 N–H and O–H groups in total. The maximum absolute atomic E-state index is 11.9. The first-order valence-electron chi connectivity index (χ1n) is 14.1. The highest BCUT2D eigenvalue weighted by Gasteiger charge is 2.42. The minimum absolute atomic E-state index is 0.0951. The number of carbonyl (C=O) groups excluding carboxylic acids is 2. The van der Waals surface area contributed by atoms with E-state index in [2.05, 4.69) is 100 Å². The summed E-state index contributed by atoms with van der Waals surface area (Å²) in [5.74, 6) is 1.03. The molecule has 0 fully saturated rings.